The molecule has 0 atom stereocenters. The van der Waals surface area contributed by atoms with E-state index in [0.717, 1.165) is 17.7 Å². The maximum absolute atomic E-state index is 13.3. The predicted octanol–water partition coefficient (Wildman–Crippen LogP) is 5.06. The summed E-state index contributed by atoms with van der Waals surface area (Å²) < 4.78 is 72.6. The molecule has 0 bridgehead atoms. The largest absolute Gasteiger partial charge is 0.492 e. The number of sulfonamides is 1. The highest BCUT2D eigenvalue weighted by Gasteiger charge is 2.34. The quantitative estimate of drug-likeness (QED) is 0.396. The molecule has 11 heteroatoms. The third-order valence-corrected chi connectivity index (χ3v) is 6.97. The van der Waals surface area contributed by atoms with Crippen molar-refractivity contribution >= 4 is 33.2 Å². The molecule has 3 rings (SSSR count). The molecule has 0 aliphatic heterocycles. The van der Waals surface area contributed by atoms with E-state index in [-0.39, 0.29) is 23.1 Å². The number of hydrogen-bond donors (Lipinski definition) is 1. The molecule has 186 valence electrons. The molecule has 0 saturated carbocycles. The minimum atomic E-state index is -4.74. The van der Waals surface area contributed by atoms with Gasteiger partial charge in [0, 0.05) is 0 Å². The van der Waals surface area contributed by atoms with Crippen LogP contribution in [-0.2, 0) is 21.0 Å². The van der Waals surface area contributed by atoms with Crippen molar-refractivity contribution in [3.05, 3.63) is 88.9 Å². The van der Waals surface area contributed by atoms with Crippen LogP contribution in [0.3, 0.4) is 0 Å². The number of carbonyl (C=O) groups is 1. The highest BCUT2D eigenvalue weighted by Crippen LogP contribution is 2.37. The first-order valence-corrected chi connectivity index (χ1v) is 12.2. The maximum atomic E-state index is 13.3. The van der Waals surface area contributed by atoms with Crippen molar-refractivity contribution in [2.45, 2.75) is 18.0 Å². The Morgan fingerprint density at radius 1 is 1.03 bits per heavy atom. The van der Waals surface area contributed by atoms with Crippen LogP contribution < -0.4 is 14.4 Å². The van der Waals surface area contributed by atoms with Crippen LogP contribution in [0.2, 0.25) is 5.02 Å². The van der Waals surface area contributed by atoms with E-state index < -0.39 is 39.9 Å². The Labute approximate surface area is 206 Å². The molecule has 0 aliphatic rings. The van der Waals surface area contributed by atoms with Crippen LogP contribution in [-0.4, -0.2) is 34.0 Å². The first-order valence-electron chi connectivity index (χ1n) is 10.4. The molecule has 0 aromatic heterocycles. The Hall–Kier alpha value is -3.24. The van der Waals surface area contributed by atoms with Gasteiger partial charge in [0.1, 0.15) is 18.9 Å². The number of ether oxygens (including phenoxy) is 1. The summed E-state index contributed by atoms with van der Waals surface area (Å²) in [5.74, 6) is -0.153. The summed E-state index contributed by atoms with van der Waals surface area (Å²) in [6, 6.07) is 16.6. The minimum absolute atomic E-state index is 0.0439. The van der Waals surface area contributed by atoms with E-state index in [2.05, 4.69) is 5.32 Å². The van der Waals surface area contributed by atoms with Crippen molar-refractivity contribution in [3.8, 4) is 5.75 Å². The predicted molar refractivity (Wildman–Crippen MR) is 127 cm³/mol. The van der Waals surface area contributed by atoms with Gasteiger partial charge < -0.3 is 10.1 Å². The second-order valence-corrected chi connectivity index (χ2v) is 9.77. The first kappa shape index (κ1) is 26.4. The lowest BCUT2D eigenvalue weighted by Crippen LogP contribution is -2.42. The number of halogens is 4. The molecule has 3 aromatic rings. The summed E-state index contributed by atoms with van der Waals surface area (Å²) in [4.78, 5) is 12.4. The fourth-order valence-electron chi connectivity index (χ4n) is 3.08. The van der Waals surface area contributed by atoms with Gasteiger partial charge in [0.05, 0.1) is 27.7 Å². The van der Waals surface area contributed by atoms with Gasteiger partial charge in [-0.25, -0.2) is 8.42 Å². The van der Waals surface area contributed by atoms with E-state index in [1.807, 2.05) is 19.1 Å². The first-order chi connectivity index (χ1) is 16.5. The zero-order chi connectivity index (χ0) is 25.6. The number of hydrogen-bond acceptors (Lipinski definition) is 4. The average Bonchev–Trinajstić information content (AvgIpc) is 2.82. The molecule has 0 fully saturated rings. The lowest BCUT2D eigenvalue weighted by Gasteiger charge is -2.25. The van der Waals surface area contributed by atoms with Crippen molar-refractivity contribution in [1.82, 2.24) is 5.32 Å². The number of alkyl halides is 3. The summed E-state index contributed by atoms with van der Waals surface area (Å²) in [5.41, 5.74) is -0.507. The molecule has 1 N–H and O–H groups in total. The molecule has 0 saturated heterocycles. The van der Waals surface area contributed by atoms with Crippen LogP contribution >= 0.6 is 11.6 Å². The zero-order valence-corrected chi connectivity index (χ0v) is 20.1. The second kappa shape index (κ2) is 11.0. The fraction of sp³-hybridized carbons (Fsp3) is 0.208. The van der Waals surface area contributed by atoms with Crippen LogP contribution in [0.25, 0.3) is 0 Å². The van der Waals surface area contributed by atoms with Crippen LogP contribution in [0.1, 0.15) is 11.1 Å². The van der Waals surface area contributed by atoms with Gasteiger partial charge in [0.2, 0.25) is 5.91 Å². The van der Waals surface area contributed by atoms with E-state index in [0.29, 0.717) is 16.1 Å². The fourth-order valence-corrected chi connectivity index (χ4v) is 4.80. The number of aryl methyl sites for hydroxylation is 1. The van der Waals surface area contributed by atoms with Crippen LogP contribution in [0, 0.1) is 6.92 Å². The molecule has 0 spiro atoms. The van der Waals surface area contributed by atoms with Crippen molar-refractivity contribution in [2.75, 3.05) is 24.0 Å². The summed E-state index contributed by atoms with van der Waals surface area (Å²) >= 11 is 6.10. The SMILES string of the molecule is Cc1ccc(OCCNC(=O)CN(c2cc(C(F)(F)F)ccc2Cl)S(=O)(=O)c2ccccc2)cc1. The van der Waals surface area contributed by atoms with E-state index in [1.165, 1.54) is 24.3 Å². The standard InChI is InChI=1S/C24H22ClF3N2O4S/c1-17-7-10-19(11-8-17)34-14-13-29-23(31)16-30(35(32,33)20-5-3-2-4-6-20)22-15-18(24(26,27)28)9-12-21(22)25/h2-12,15H,13-14,16H2,1H3,(H,29,31). The molecule has 1 amide bonds. The number of benzene rings is 3. The molecule has 3 aromatic carbocycles. The molecule has 0 unspecified atom stereocenters. The highest BCUT2D eigenvalue weighted by molar-refractivity contribution is 7.92. The van der Waals surface area contributed by atoms with E-state index in [4.69, 9.17) is 16.3 Å². The molecule has 6 nitrogen and oxygen atoms in total. The number of anilines is 1. The van der Waals surface area contributed by atoms with E-state index >= 15 is 0 Å². The van der Waals surface area contributed by atoms with Gasteiger partial charge in [-0.2, -0.15) is 13.2 Å². The lowest BCUT2D eigenvalue weighted by atomic mass is 10.2. The van der Waals surface area contributed by atoms with Crippen molar-refractivity contribution < 1.29 is 31.1 Å². The monoisotopic (exact) mass is 526 g/mol. The maximum Gasteiger partial charge on any atom is 0.416 e. The number of nitrogens with one attached hydrogen (secondary N) is 1. The smallest absolute Gasteiger partial charge is 0.416 e. The topological polar surface area (TPSA) is 75.7 Å². The Kier molecular flexibility index (Phi) is 8.29. The third-order valence-electron chi connectivity index (χ3n) is 4.87. The van der Waals surface area contributed by atoms with Crippen molar-refractivity contribution in [2.24, 2.45) is 0 Å². The van der Waals surface area contributed by atoms with Crippen LogP contribution in [0.4, 0.5) is 18.9 Å². The summed E-state index contributed by atoms with van der Waals surface area (Å²) in [6.45, 7) is 1.28. The molecule has 0 heterocycles. The Bertz CT molecular complexity index is 1270. The molecule has 0 aliphatic carbocycles. The Balaban J connectivity index is 1.81. The summed E-state index contributed by atoms with van der Waals surface area (Å²) in [5, 5.41) is 2.26. The van der Waals surface area contributed by atoms with Gasteiger partial charge in [0.25, 0.3) is 10.0 Å². The number of nitrogens with zero attached hydrogens (tertiary/aromatic N) is 1. The van der Waals surface area contributed by atoms with Gasteiger partial charge in [-0.1, -0.05) is 47.5 Å². The molecule has 35 heavy (non-hydrogen) atoms. The molecular formula is C24H22ClF3N2O4S. The van der Waals surface area contributed by atoms with Gasteiger partial charge in [-0.15, -0.1) is 0 Å². The van der Waals surface area contributed by atoms with Gasteiger partial charge in [-0.3, -0.25) is 9.10 Å². The van der Waals surface area contributed by atoms with E-state index in [1.54, 1.807) is 18.2 Å². The lowest BCUT2D eigenvalue weighted by molar-refractivity contribution is -0.137. The molecule has 0 radical (unpaired) electrons. The Morgan fingerprint density at radius 2 is 1.69 bits per heavy atom. The summed E-state index contributed by atoms with van der Waals surface area (Å²) in [7, 11) is -4.42. The van der Waals surface area contributed by atoms with Gasteiger partial charge >= 0.3 is 6.18 Å². The minimum Gasteiger partial charge on any atom is -0.492 e. The highest BCUT2D eigenvalue weighted by atomic mass is 35.5. The second-order valence-electron chi connectivity index (χ2n) is 7.50. The van der Waals surface area contributed by atoms with E-state index in [9.17, 15) is 26.4 Å². The number of amides is 1. The summed E-state index contributed by atoms with van der Waals surface area (Å²) in [6.07, 6.45) is -4.74. The van der Waals surface area contributed by atoms with Crippen molar-refractivity contribution in [1.29, 1.82) is 0 Å². The zero-order valence-electron chi connectivity index (χ0n) is 18.5. The normalized spacial score (nSPS) is 11.7. The third kappa shape index (κ3) is 6.89. The number of carbonyl (C=O) groups excluding carboxylic acids is 1. The average molecular weight is 527 g/mol. The number of rotatable bonds is 9. The van der Waals surface area contributed by atoms with Crippen molar-refractivity contribution in [3.63, 3.8) is 0 Å². The van der Waals surface area contributed by atoms with Crippen LogP contribution in [0.5, 0.6) is 5.75 Å². The van der Waals surface area contributed by atoms with Gasteiger partial charge in [0.15, 0.2) is 0 Å². The molecular weight excluding hydrogens is 505 g/mol. The van der Waals surface area contributed by atoms with Gasteiger partial charge in [-0.05, 0) is 49.4 Å². The van der Waals surface area contributed by atoms with Crippen LogP contribution in [0.15, 0.2) is 77.7 Å². The Morgan fingerprint density at radius 3 is 2.31 bits per heavy atom.